The number of carbonyl (C=O) groups is 1. The Bertz CT molecular complexity index is 1180. The summed E-state index contributed by atoms with van der Waals surface area (Å²) in [7, 11) is 2.12. The van der Waals surface area contributed by atoms with Crippen molar-refractivity contribution in [3.05, 3.63) is 75.6 Å². The van der Waals surface area contributed by atoms with Crippen molar-refractivity contribution in [2.24, 2.45) is 0 Å². The molecule has 5 rings (SSSR count). The molecular formula is C25H27N3O3. The van der Waals surface area contributed by atoms with Crippen LogP contribution in [0.15, 0.2) is 57.7 Å². The number of hydrogen-bond acceptors (Lipinski definition) is 5. The summed E-state index contributed by atoms with van der Waals surface area (Å²) in [6.07, 6.45) is 3.40. The third-order valence-corrected chi connectivity index (χ3v) is 6.54. The number of likely N-dealkylation sites (N-methyl/N-ethyl adjacent to an activating group) is 1. The minimum atomic E-state index is -0.602. The molecule has 1 fully saturated rings. The van der Waals surface area contributed by atoms with E-state index in [1.165, 1.54) is 29.7 Å². The predicted molar refractivity (Wildman–Crippen MR) is 122 cm³/mol. The number of carbonyl (C=O) groups excluding carboxylic acids is 1. The number of hydrogen-bond donors (Lipinski definition) is 1. The number of rotatable bonds is 5. The fourth-order valence-electron chi connectivity index (χ4n) is 4.81. The van der Waals surface area contributed by atoms with E-state index < -0.39 is 5.63 Å². The summed E-state index contributed by atoms with van der Waals surface area (Å²) in [5.41, 5.74) is 3.82. The normalized spacial score (nSPS) is 17.1. The lowest BCUT2D eigenvalue weighted by Crippen LogP contribution is -2.38. The van der Waals surface area contributed by atoms with E-state index in [0.717, 1.165) is 31.4 Å². The molecule has 1 atom stereocenters. The zero-order chi connectivity index (χ0) is 21.4. The third-order valence-electron chi connectivity index (χ3n) is 6.54. The molecule has 6 nitrogen and oxygen atoms in total. The van der Waals surface area contributed by atoms with Gasteiger partial charge in [-0.2, -0.15) is 0 Å². The standard InChI is InChI=1S/C25H27N3O3/c1-27-13-10-18-14-17(8-9-21(18)27)22(28-11-4-5-12-28)16-26-24(29)20-15-19-6-2-3-7-23(19)31-25(20)30/h2-3,6-9,14-15,22H,4-5,10-13,16H2,1H3,(H,26,29)/t22-/m0/s1. The molecule has 2 aromatic carbocycles. The maximum atomic E-state index is 12.9. The molecule has 160 valence electrons. The van der Waals surface area contributed by atoms with Crippen LogP contribution in [0.2, 0.25) is 0 Å². The van der Waals surface area contributed by atoms with E-state index in [9.17, 15) is 9.59 Å². The molecule has 0 aliphatic carbocycles. The van der Waals surface area contributed by atoms with Crippen molar-refractivity contribution in [2.75, 3.05) is 38.1 Å². The molecule has 1 amide bonds. The first-order chi connectivity index (χ1) is 15.1. The van der Waals surface area contributed by atoms with Crippen LogP contribution in [-0.2, 0) is 6.42 Å². The molecule has 6 heteroatoms. The first kappa shape index (κ1) is 19.8. The number of nitrogens with one attached hydrogen (secondary N) is 1. The smallest absolute Gasteiger partial charge is 0.349 e. The van der Waals surface area contributed by atoms with Crippen LogP contribution >= 0.6 is 0 Å². The monoisotopic (exact) mass is 417 g/mol. The van der Waals surface area contributed by atoms with Gasteiger partial charge in [0.2, 0.25) is 0 Å². The van der Waals surface area contributed by atoms with Gasteiger partial charge >= 0.3 is 5.63 Å². The van der Waals surface area contributed by atoms with Crippen molar-refractivity contribution in [3.63, 3.8) is 0 Å². The van der Waals surface area contributed by atoms with Gasteiger partial charge in [-0.3, -0.25) is 9.69 Å². The maximum Gasteiger partial charge on any atom is 0.349 e. The number of amides is 1. The third kappa shape index (κ3) is 3.83. The number of anilines is 1. The Morgan fingerprint density at radius 3 is 2.74 bits per heavy atom. The van der Waals surface area contributed by atoms with Crippen LogP contribution in [0.1, 0.15) is 40.4 Å². The Morgan fingerprint density at radius 1 is 1.10 bits per heavy atom. The van der Waals surface area contributed by atoms with Crippen LogP contribution in [0.3, 0.4) is 0 Å². The second kappa shape index (κ2) is 8.19. The summed E-state index contributed by atoms with van der Waals surface area (Å²) >= 11 is 0. The van der Waals surface area contributed by atoms with Crippen molar-refractivity contribution in [3.8, 4) is 0 Å². The van der Waals surface area contributed by atoms with Crippen molar-refractivity contribution in [1.29, 1.82) is 0 Å². The highest BCUT2D eigenvalue weighted by Gasteiger charge is 2.26. The van der Waals surface area contributed by atoms with Crippen molar-refractivity contribution >= 4 is 22.6 Å². The van der Waals surface area contributed by atoms with Crippen molar-refractivity contribution < 1.29 is 9.21 Å². The average Bonchev–Trinajstić information content (AvgIpc) is 3.44. The highest BCUT2D eigenvalue weighted by Crippen LogP contribution is 2.32. The van der Waals surface area contributed by atoms with E-state index in [-0.39, 0.29) is 17.5 Å². The molecule has 3 aromatic rings. The summed E-state index contributed by atoms with van der Waals surface area (Å²) in [5, 5.41) is 3.75. The number of likely N-dealkylation sites (tertiary alicyclic amines) is 1. The second-order valence-corrected chi connectivity index (χ2v) is 8.51. The zero-order valence-corrected chi connectivity index (χ0v) is 17.8. The molecule has 1 N–H and O–H groups in total. The predicted octanol–water partition coefficient (Wildman–Crippen LogP) is 3.35. The van der Waals surface area contributed by atoms with Gasteiger partial charge in [0.05, 0.1) is 6.04 Å². The average molecular weight is 418 g/mol. The van der Waals surface area contributed by atoms with Crippen molar-refractivity contribution in [1.82, 2.24) is 10.2 Å². The maximum absolute atomic E-state index is 12.9. The highest BCUT2D eigenvalue weighted by atomic mass is 16.4. The van der Waals surface area contributed by atoms with Gasteiger partial charge in [0, 0.05) is 31.2 Å². The molecular weight excluding hydrogens is 390 g/mol. The molecule has 3 heterocycles. The summed E-state index contributed by atoms with van der Waals surface area (Å²) in [5.74, 6) is -0.385. The van der Waals surface area contributed by atoms with Gasteiger partial charge < -0.3 is 14.6 Å². The number of nitrogens with zero attached hydrogens (tertiary/aromatic N) is 2. The number of fused-ring (bicyclic) bond motifs is 2. The minimum absolute atomic E-state index is 0.0504. The molecule has 2 aliphatic rings. The van der Waals surface area contributed by atoms with Gasteiger partial charge in [0.25, 0.3) is 5.91 Å². The molecule has 0 spiro atoms. The van der Waals surface area contributed by atoms with Crippen LogP contribution in [0, 0.1) is 0 Å². The first-order valence-corrected chi connectivity index (χ1v) is 11.0. The Kier molecular flexibility index (Phi) is 5.24. The summed E-state index contributed by atoms with van der Waals surface area (Å²) in [6, 6.07) is 15.6. The van der Waals surface area contributed by atoms with E-state index in [4.69, 9.17) is 4.42 Å². The van der Waals surface area contributed by atoms with Crippen molar-refractivity contribution in [2.45, 2.75) is 25.3 Å². The topological polar surface area (TPSA) is 65.8 Å². The fourth-order valence-corrected chi connectivity index (χ4v) is 4.81. The summed E-state index contributed by atoms with van der Waals surface area (Å²) in [4.78, 5) is 30.0. The van der Waals surface area contributed by atoms with E-state index in [1.807, 2.05) is 12.1 Å². The van der Waals surface area contributed by atoms with Crippen LogP contribution in [0.25, 0.3) is 11.0 Å². The van der Waals surface area contributed by atoms with Crippen LogP contribution in [0.4, 0.5) is 5.69 Å². The molecule has 0 unspecified atom stereocenters. The Hall–Kier alpha value is -3.12. The highest BCUT2D eigenvalue weighted by molar-refractivity contribution is 5.96. The van der Waals surface area contributed by atoms with E-state index in [2.05, 4.69) is 40.4 Å². The lowest BCUT2D eigenvalue weighted by atomic mass is 10.0. The number of para-hydroxylation sites is 1. The molecule has 0 saturated carbocycles. The van der Waals surface area contributed by atoms with Gasteiger partial charge in [-0.15, -0.1) is 0 Å². The largest absolute Gasteiger partial charge is 0.422 e. The van der Waals surface area contributed by atoms with E-state index >= 15 is 0 Å². The lowest BCUT2D eigenvalue weighted by molar-refractivity contribution is 0.0934. The molecule has 2 aliphatic heterocycles. The SMILES string of the molecule is CN1CCc2cc([C@H](CNC(=O)c3cc4ccccc4oc3=O)N3CCCC3)ccc21. The van der Waals surface area contributed by atoms with Gasteiger partial charge in [-0.1, -0.05) is 30.3 Å². The van der Waals surface area contributed by atoms with Crippen LogP contribution in [-0.4, -0.2) is 44.0 Å². The molecule has 0 bridgehead atoms. The summed E-state index contributed by atoms with van der Waals surface area (Å²) in [6.45, 7) is 3.55. The second-order valence-electron chi connectivity index (χ2n) is 8.51. The molecule has 1 aromatic heterocycles. The molecule has 31 heavy (non-hydrogen) atoms. The van der Waals surface area contributed by atoms with Crippen LogP contribution < -0.4 is 15.8 Å². The van der Waals surface area contributed by atoms with Gasteiger partial charge in [0.15, 0.2) is 0 Å². The molecule has 1 saturated heterocycles. The van der Waals surface area contributed by atoms with Gasteiger partial charge in [0.1, 0.15) is 11.1 Å². The Balaban J connectivity index is 1.39. The Morgan fingerprint density at radius 2 is 1.90 bits per heavy atom. The van der Waals surface area contributed by atoms with E-state index in [1.54, 1.807) is 18.2 Å². The number of benzene rings is 2. The van der Waals surface area contributed by atoms with Crippen LogP contribution in [0.5, 0.6) is 0 Å². The van der Waals surface area contributed by atoms with E-state index in [0.29, 0.717) is 12.1 Å². The van der Waals surface area contributed by atoms with Gasteiger partial charge in [-0.05, 0) is 61.7 Å². The molecule has 0 radical (unpaired) electrons. The Labute approximate surface area is 181 Å². The fraction of sp³-hybridized carbons (Fsp3) is 0.360. The zero-order valence-electron chi connectivity index (χ0n) is 17.8. The first-order valence-electron chi connectivity index (χ1n) is 11.0. The lowest BCUT2D eigenvalue weighted by Gasteiger charge is -2.28. The quantitative estimate of drug-likeness (QED) is 0.645. The minimum Gasteiger partial charge on any atom is -0.422 e. The van der Waals surface area contributed by atoms with Gasteiger partial charge in [-0.25, -0.2) is 4.79 Å². The summed E-state index contributed by atoms with van der Waals surface area (Å²) < 4.78 is 5.33.